The van der Waals surface area contributed by atoms with Crippen molar-refractivity contribution in [3.63, 3.8) is 0 Å². The summed E-state index contributed by atoms with van der Waals surface area (Å²) in [6, 6.07) is 14.8. The summed E-state index contributed by atoms with van der Waals surface area (Å²) >= 11 is 0. The van der Waals surface area contributed by atoms with E-state index in [0.29, 0.717) is 11.8 Å². The van der Waals surface area contributed by atoms with Crippen LogP contribution in [0.25, 0.3) is 0 Å². The summed E-state index contributed by atoms with van der Waals surface area (Å²) in [4.78, 5) is 24.3. The van der Waals surface area contributed by atoms with E-state index in [2.05, 4.69) is 4.72 Å². The molecule has 3 rings (SSSR count). The first-order chi connectivity index (χ1) is 16.0. The third-order valence-corrected chi connectivity index (χ3v) is 5.87. The molecule has 0 aliphatic carbocycles. The van der Waals surface area contributed by atoms with E-state index in [0.717, 1.165) is 24.3 Å². The van der Waals surface area contributed by atoms with Crippen molar-refractivity contribution in [1.82, 2.24) is 10.9 Å². The number of anilines is 1. The molecule has 0 bridgehead atoms. The number of ether oxygens (including phenoxy) is 1. The lowest BCUT2D eigenvalue weighted by Gasteiger charge is -2.11. The van der Waals surface area contributed by atoms with Gasteiger partial charge in [0.05, 0.1) is 17.6 Å². The Kier molecular flexibility index (Phi) is 7.11. The maximum atomic E-state index is 12.8. The Morgan fingerprint density at radius 2 is 1.38 bits per heavy atom. The Hall–Kier alpha value is -4.06. The number of hydrogen-bond donors (Lipinski definition) is 3. The minimum atomic E-state index is -4.63. The van der Waals surface area contributed by atoms with Gasteiger partial charge in [0.1, 0.15) is 5.75 Å². The SMILES string of the molecule is COc1ccc(NS(=O)(=O)c2cccc(C(=O)NNC(=O)c3cccc(C(F)(F)F)c3)c2)cc1. The molecule has 2 amide bonds. The average molecular weight is 493 g/mol. The molecule has 0 aliphatic heterocycles. The second-order valence-electron chi connectivity index (χ2n) is 6.85. The van der Waals surface area contributed by atoms with E-state index in [1.54, 1.807) is 12.1 Å². The van der Waals surface area contributed by atoms with E-state index in [1.165, 1.54) is 37.4 Å². The van der Waals surface area contributed by atoms with Crippen molar-refractivity contribution < 1.29 is 35.9 Å². The highest BCUT2D eigenvalue weighted by Crippen LogP contribution is 2.29. The van der Waals surface area contributed by atoms with Crippen LogP contribution in [-0.4, -0.2) is 27.3 Å². The average Bonchev–Trinajstić information content (AvgIpc) is 2.82. The molecule has 0 heterocycles. The molecular weight excluding hydrogens is 475 g/mol. The fraction of sp³-hybridized carbons (Fsp3) is 0.0909. The Balaban J connectivity index is 1.69. The fourth-order valence-corrected chi connectivity index (χ4v) is 3.88. The van der Waals surface area contributed by atoms with Gasteiger partial charge in [-0.15, -0.1) is 0 Å². The lowest BCUT2D eigenvalue weighted by Crippen LogP contribution is -2.41. The van der Waals surface area contributed by atoms with Crippen LogP contribution < -0.4 is 20.3 Å². The molecule has 0 aliphatic rings. The summed E-state index contributed by atoms with van der Waals surface area (Å²) in [6.45, 7) is 0. The van der Waals surface area contributed by atoms with Crippen molar-refractivity contribution in [1.29, 1.82) is 0 Å². The number of carbonyl (C=O) groups excluding carboxylic acids is 2. The minimum absolute atomic E-state index is 0.109. The van der Waals surface area contributed by atoms with Gasteiger partial charge in [0.2, 0.25) is 0 Å². The molecule has 8 nitrogen and oxygen atoms in total. The molecule has 3 aromatic carbocycles. The van der Waals surface area contributed by atoms with E-state index in [1.807, 2.05) is 10.9 Å². The minimum Gasteiger partial charge on any atom is -0.497 e. The molecule has 0 unspecified atom stereocenters. The second-order valence-corrected chi connectivity index (χ2v) is 8.53. The van der Waals surface area contributed by atoms with Gasteiger partial charge in [-0.25, -0.2) is 8.42 Å². The molecule has 0 spiro atoms. The van der Waals surface area contributed by atoms with Crippen LogP contribution in [0, 0.1) is 0 Å². The van der Waals surface area contributed by atoms with Crippen molar-refractivity contribution in [2.24, 2.45) is 0 Å². The predicted molar refractivity (Wildman–Crippen MR) is 117 cm³/mol. The quantitative estimate of drug-likeness (QED) is 0.454. The Labute approximate surface area is 192 Å². The maximum Gasteiger partial charge on any atom is 0.416 e. The molecule has 34 heavy (non-hydrogen) atoms. The standard InChI is InChI=1S/C22H18F3N3O5S/c1-33-18-10-8-17(9-11-18)28-34(31,32)19-7-3-5-15(13-19)21(30)27-26-20(29)14-4-2-6-16(12-14)22(23,24)25/h2-13,28H,1H3,(H,26,29)(H,27,30). The molecular formula is C22H18F3N3O5S. The number of hydrazine groups is 1. The van der Waals surface area contributed by atoms with Crippen LogP contribution >= 0.6 is 0 Å². The van der Waals surface area contributed by atoms with Gasteiger partial charge in [-0.05, 0) is 60.7 Å². The van der Waals surface area contributed by atoms with Crippen LogP contribution in [0.3, 0.4) is 0 Å². The van der Waals surface area contributed by atoms with E-state index in [9.17, 15) is 31.2 Å². The summed E-state index contributed by atoms with van der Waals surface area (Å²) in [5.74, 6) is -1.32. The van der Waals surface area contributed by atoms with E-state index in [-0.39, 0.29) is 21.7 Å². The summed E-state index contributed by atoms with van der Waals surface area (Å²) in [5.41, 5.74) is 2.86. The highest BCUT2D eigenvalue weighted by atomic mass is 32.2. The van der Waals surface area contributed by atoms with E-state index in [4.69, 9.17) is 4.74 Å². The topological polar surface area (TPSA) is 114 Å². The zero-order valence-corrected chi connectivity index (χ0v) is 18.3. The van der Waals surface area contributed by atoms with Gasteiger partial charge in [-0.3, -0.25) is 25.2 Å². The molecule has 12 heteroatoms. The van der Waals surface area contributed by atoms with Crippen LogP contribution in [0.1, 0.15) is 26.3 Å². The molecule has 3 aromatic rings. The van der Waals surface area contributed by atoms with Gasteiger partial charge in [-0.1, -0.05) is 12.1 Å². The number of alkyl halides is 3. The van der Waals surface area contributed by atoms with Crippen LogP contribution in [0.15, 0.2) is 77.7 Å². The van der Waals surface area contributed by atoms with Gasteiger partial charge in [0.25, 0.3) is 21.8 Å². The zero-order chi connectivity index (χ0) is 24.9. The number of hydrogen-bond acceptors (Lipinski definition) is 5. The highest BCUT2D eigenvalue weighted by molar-refractivity contribution is 7.92. The summed E-state index contributed by atoms with van der Waals surface area (Å²) in [7, 11) is -2.58. The number of benzene rings is 3. The number of halogens is 3. The van der Waals surface area contributed by atoms with Crippen LogP contribution in [0.4, 0.5) is 18.9 Å². The molecule has 0 atom stereocenters. The van der Waals surface area contributed by atoms with Crippen molar-refractivity contribution in [3.8, 4) is 5.75 Å². The van der Waals surface area contributed by atoms with Gasteiger partial charge < -0.3 is 4.74 Å². The lowest BCUT2D eigenvalue weighted by molar-refractivity contribution is -0.137. The summed E-state index contributed by atoms with van der Waals surface area (Å²) < 4.78 is 71.1. The van der Waals surface area contributed by atoms with Crippen LogP contribution in [-0.2, 0) is 16.2 Å². The first kappa shape index (κ1) is 24.6. The number of amides is 2. The van der Waals surface area contributed by atoms with Gasteiger partial charge in [0, 0.05) is 16.8 Å². The first-order valence-electron chi connectivity index (χ1n) is 9.54. The van der Waals surface area contributed by atoms with Gasteiger partial charge >= 0.3 is 6.18 Å². The molecule has 0 saturated carbocycles. The number of sulfonamides is 1. The van der Waals surface area contributed by atoms with E-state index >= 15 is 0 Å². The molecule has 178 valence electrons. The van der Waals surface area contributed by atoms with Crippen molar-refractivity contribution >= 4 is 27.5 Å². The second kappa shape index (κ2) is 9.83. The van der Waals surface area contributed by atoms with Crippen molar-refractivity contribution in [3.05, 3.63) is 89.5 Å². The number of methoxy groups -OCH3 is 1. The smallest absolute Gasteiger partial charge is 0.416 e. The fourth-order valence-electron chi connectivity index (χ4n) is 2.77. The summed E-state index contributed by atoms with van der Waals surface area (Å²) in [5, 5.41) is 0. The molecule has 0 fully saturated rings. The number of carbonyl (C=O) groups is 2. The predicted octanol–water partition coefficient (Wildman–Crippen LogP) is 3.59. The molecule has 0 aromatic heterocycles. The molecule has 3 N–H and O–H groups in total. The third-order valence-electron chi connectivity index (χ3n) is 4.49. The normalized spacial score (nSPS) is 11.4. The third kappa shape index (κ3) is 6.04. The number of rotatable bonds is 6. The molecule has 0 saturated heterocycles. The maximum absolute atomic E-state index is 12.8. The van der Waals surface area contributed by atoms with Crippen LogP contribution in [0.5, 0.6) is 5.75 Å². The van der Waals surface area contributed by atoms with Crippen molar-refractivity contribution in [2.75, 3.05) is 11.8 Å². The highest BCUT2D eigenvalue weighted by Gasteiger charge is 2.31. The Morgan fingerprint density at radius 3 is 1.94 bits per heavy atom. The van der Waals surface area contributed by atoms with Gasteiger partial charge in [-0.2, -0.15) is 13.2 Å². The van der Waals surface area contributed by atoms with Crippen molar-refractivity contribution in [2.45, 2.75) is 11.1 Å². The lowest BCUT2D eigenvalue weighted by atomic mass is 10.1. The van der Waals surface area contributed by atoms with E-state index < -0.39 is 33.6 Å². The Bertz CT molecular complexity index is 1310. The molecule has 0 radical (unpaired) electrons. The van der Waals surface area contributed by atoms with Gasteiger partial charge in [0.15, 0.2) is 0 Å². The Morgan fingerprint density at radius 1 is 0.824 bits per heavy atom. The monoisotopic (exact) mass is 493 g/mol. The zero-order valence-electron chi connectivity index (χ0n) is 17.5. The summed E-state index contributed by atoms with van der Waals surface area (Å²) in [6.07, 6.45) is -4.63. The largest absolute Gasteiger partial charge is 0.497 e. The first-order valence-corrected chi connectivity index (χ1v) is 11.0. The van der Waals surface area contributed by atoms with Crippen LogP contribution in [0.2, 0.25) is 0 Å². The number of nitrogens with one attached hydrogen (secondary N) is 3.